The van der Waals surface area contributed by atoms with Crippen LogP contribution in [0.5, 0.6) is 5.75 Å². The van der Waals surface area contributed by atoms with Gasteiger partial charge in [0.15, 0.2) is 12.2 Å². The van der Waals surface area contributed by atoms with Crippen molar-refractivity contribution in [2.24, 2.45) is 16.5 Å². The van der Waals surface area contributed by atoms with Gasteiger partial charge >= 0.3 is 5.97 Å². The van der Waals surface area contributed by atoms with Gasteiger partial charge in [-0.05, 0) is 24.3 Å². The lowest BCUT2D eigenvalue weighted by Crippen LogP contribution is -2.39. The number of aliphatic imine (C=N–C) groups is 1. The Kier molecular flexibility index (Phi) is 9.15. The molecule has 2 rings (SSSR count). The number of hydrogen-bond acceptors (Lipinski definition) is 7. The predicted molar refractivity (Wildman–Crippen MR) is 118 cm³/mol. The van der Waals surface area contributed by atoms with Gasteiger partial charge in [0, 0.05) is 11.1 Å². The molecule has 0 aliphatic heterocycles. The molecule has 1 atom stereocenters. The molecule has 0 radical (unpaired) electrons. The Morgan fingerprint density at radius 3 is 2.45 bits per heavy atom. The van der Waals surface area contributed by atoms with Crippen molar-refractivity contribution in [3.8, 4) is 5.75 Å². The van der Waals surface area contributed by atoms with Crippen LogP contribution in [0.3, 0.4) is 0 Å². The first-order chi connectivity index (χ1) is 15.7. The van der Waals surface area contributed by atoms with Gasteiger partial charge in [0.25, 0.3) is 5.91 Å². The molecule has 0 saturated carbocycles. The van der Waals surface area contributed by atoms with Crippen molar-refractivity contribution in [2.45, 2.75) is 18.8 Å². The second-order valence-electron chi connectivity index (χ2n) is 6.82. The summed E-state index contributed by atoms with van der Waals surface area (Å²) in [6.07, 6.45) is -2.20. The number of nitrogens with zero attached hydrogens (tertiary/aromatic N) is 1. The van der Waals surface area contributed by atoms with E-state index in [2.05, 4.69) is 15.6 Å². The van der Waals surface area contributed by atoms with Crippen LogP contribution in [-0.4, -0.2) is 58.5 Å². The summed E-state index contributed by atoms with van der Waals surface area (Å²) in [6, 6.07) is 11.4. The Morgan fingerprint density at radius 1 is 1.06 bits per heavy atom. The van der Waals surface area contributed by atoms with Crippen LogP contribution in [0, 0.1) is 0 Å². The molecule has 0 aromatic heterocycles. The highest BCUT2D eigenvalue weighted by atomic mass is 16.5. The van der Waals surface area contributed by atoms with Crippen LogP contribution >= 0.6 is 0 Å². The third-order valence-electron chi connectivity index (χ3n) is 4.17. The number of benzene rings is 2. The van der Waals surface area contributed by atoms with Crippen molar-refractivity contribution < 1.29 is 34.4 Å². The number of hydrogen-bond donors (Lipinski definition) is 7. The number of aliphatic hydroxyl groups excluding tert-OH is 1. The van der Waals surface area contributed by atoms with E-state index in [1.807, 2.05) is 0 Å². The third kappa shape index (κ3) is 8.47. The summed E-state index contributed by atoms with van der Waals surface area (Å²) in [7, 11) is 0. The fourth-order valence-corrected chi connectivity index (χ4v) is 2.85. The average Bonchev–Trinajstić information content (AvgIpc) is 2.75. The smallest absolute Gasteiger partial charge is 0.305 e. The number of carboxylic acids is 1. The van der Waals surface area contributed by atoms with Gasteiger partial charge in [-0.1, -0.05) is 24.3 Å². The first-order valence-corrected chi connectivity index (χ1v) is 9.72. The summed E-state index contributed by atoms with van der Waals surface area (Å²) < 4.78 is 5.29. The number of carbonyl (C=O) groups is 3. The van der Waals surface area contributed by atoms with Crippen LogP contribution in [0.1, 0.15) is 28.4 Å². The topological polar surface area (TPSA) is 210 Å². The molecule has 12 heteroatoms. The molecule has 2 amide bonds. The fourth-order valence-electron chi connectivity index (χ4n) is 2.85. The number of carbonyl (C=O) groups excluding carboxylic acids is 2. The van der Waals surface area contributed by atoms with Crippen molar-refractivity contribution in [3.05, 3.63) is 59.7 Å². The minimum atomic E-state index is -1.73. The van der Waals surface area contributed by atoms with Crippen LogP contribution in [-0.2, 0) is 9.59 Å². The maximum absolute atomic E-state index is 12.4. The molecule has 0 saturated heterocycles. The van der Waals surface area contributed by atoms with E-state index in [9.17, 15) is 19.5 Å². The molecule has 0 bridgehead atoms. The molecule has 176 valence electrons. The lowest BCUT2D eigenvalue weighted by Gasteiger charge is -2.21. The number of rotatable bonds is 11. The molecule has 12 nitrogen and oxygen atoms in total. The minimum Gasteiger partial charge on any atom is -0.488 e. The van der Waals surface area contributed by atoms with Crippen LogP contribution in [0.4, 0.5) is 5.69 Å². The van der Waals surface area contributed by atoms with Crippen molar-refractivity contribution >= 4 is 29.4 Å². The SMILES string of the molecule is NC(N)=Nc1cccc(C(=O)NCC(=O)NC(CC(=O)O)c2ccccc2OCC(O)O)c1. The summed E-state index contributed by atoms with van der Waals surface area (Å²) in [6.45, 7) is -0.875. The average molecular weight is 459 g/mol. The first-order valence-electron chi connectivity index (χ1n) is 9.72. The maximum Gasteiger partial charge on any atom is 0.305 e. The van der Waals surface area contributed by atoms with Gasteiger partial charge in [-0.15, -0.1) is 0 Å². The number of aliphatic carboxylic acids is 1. The minimum absolute atomic E-state index is 0.172. The largest absolute Gasteiger partial charge is 0.488 e. The van der Waals surface area contributed by atoms with E-state index >= 15 is 0 Å². The second-order valence-corrected chi connectivity index (χ2v) is 6.82. The Morgan fingerprint density at radius 2 is 1.79 bits per heavy atom. The van der Waals surface area contributed by atoms with E-state index in [1.54, 1.807) is 30.3 Å². The summed E-state index contributed by atoms with van der Waals surface area (Å²) in [4.78, 5) is 40.0. The monoisotopic (exact) mass is 459 g/mol. The van der Waals surface area contributed by atoms with E-state index in [-0.39, 0.29) is 17.3 Å². The molecule has 1 unspecified atom stereocenters. The first kappa shape index (κ1) is 25.1. The predicted octanol–water partition coefficient (Wildman–Crippen LogP) is -0.657. The van der Waals surface area contributed by atoms with Crippen LogP contribution in [0.2, 0.25) is 0 Å². The van der Waals surface area contributed by atoms with Gasteiger partial charge in [-0.2, -0.15) is 0 Å². The number of guanidine groups is 1. The number of nitrogens with one attached hydrogen (secondary N) is 2. The van der Waals surface area contributed by atoms with Crippen molar-refractivity contribution in [1.29, 1.82) is 0 Å². The van der Waals surface area contributed by atoms with Gasteiger partial charge < -0.3 is 42.2 Å². The molecule has 9 N–H and O–H groups in total. The zero-order valence-corrected chi connectivity index (χ0v) is 17.5. The molecule has 0 spiro atoms. The molecule has 2 aromatic carbocycles. The van der Waals surface area contributed by atoms with E-state index < -0.39 is 49.7 Å². The summed E-state index contributed by atoms with van der Waals surface area (Å²) in [5, 5.41) is 32.3. The van der Waals surface area contributed by atoms with Gasteiger partial charge in [0.05, 0.1) is 24.7 Å². The van der Waals surface area contributed by atoms with E-state index in [4.69, 9.17) is 26.4 Å². The lowest BCUT2D eigenvalue weighted by atomic mass is 10.0. The van der Waals surface area contributed by atoms with Crippen molar-refractivity contribution in [2.75, 3.05) is 13.2 Å². The van der Waals surface area contributed by atoms with Gasteiger partial charge in [-0.3, -0.25) is 14.4 Å². The zero-order valence-electron chi connectivity index (χ0n) is 17.5. The van der Waals surface area contributed by atoms with Crippen LogP contribution in [0.25, 0.3) is 0 Å². The zero-order chi connectivity index (χ0) is 24.4. The fraction of sp³-hybridized carbons (Fsp3) is 0.238. The highest BCUT2D eigenvalue weighted by Crippen LogP contribution is 2.27. The molecular formula is C21H25N5O7. The second kappa shape index (κ2) is 12.0. The summed E-state index contributed by atoms with van der Waals surface area (Å²) >= 11 is 0. The van der Waals surface area contributed by atoms with E-state index in [0.29, 0.717) is 11.3 Å². The number of amides is 2. The highest BCUT2D eigenvalue weighted by molar-refractivity contribution is 5.97. The van der Waals surface area contributed by atoms with Crippen LogP contribution in [0.15, 0.2) is 53.5 Å². The molecule has 2 aromatic rings. The number of ether oxygens (including phenoxy) is 1. The summed E-state index contributed by atoms with van der Waals surface area (Å²) in [5.41, 5.74) is 11.5. The van der Waals surface area contributed by atoms with E-state index in [0.717, 1.165) is 0 Å². The molecule has 0 aliphatic carbocycles. The Balaban J connectivity index is 2.07. The molecule has 33 heavy (non-hydrogen) atoms. The maximum atomic E-state index is 12.4. The standard InChI is InChI=1S/C21H25N5O7/c22-21(23)25-13-5-3-4-12(8-13)20(32)24-10-17(27)26-15(9-18(28)29)14-6-1-2-7-16(14)33-11-19(30)31/h1-8,15,19,30-31H,9-11H2,(H,24,32)(H,26,27)(H,28,29)(H4,22,23,25). The number of carboxylic acid groups (broad SMARTS) is 1. The Hall–Kier alpha value is -4.16. The van der Waals surface area contributed by atoms with Crippen molar-refractivity contribution in [1.82, 2.24) is 10.6 Å². The van der Waals surface area contributed by atoms with Crippen LogP contribution < -0.4 is 26.8 Å². The van der Waals surface area contributed by atoms with Gasteiger partial charge in [0.2, 0.25) is 5.91 Å². The van der Waals surface area contributed by atoms with Gasteiger partial charge in [-0.25, -0.2) is 4.99 Å². The molecule has 0 fully saturated rings. The number of aliphatic hydroxyl groups is 2. The van der Waals surface area contributed by atoms with Gasteiger partial charge in [0.1, 0.15) is 12.4 Å². The Bertz CT molecular complexity index is 1020. The molecular weight excluding hydrogens is 434 g/mol. The molecule has 0 aliphatic rings. The Labute approximate surface area is 188 Å². The normalized spacial score (nSPS) is 11.4. The molecule has 0 heterocycles. The van der Waals surface area contributed by atoms with Crippen molar-refractivity contribution in [3.63, 3.8) is 0 Å². The number of nitrogens with two attached hydrogens (primary N) is 2. The number of para-hydroxylation sites is 1. The lowest BCUT2D eigenvalue weighted by molar-refractivity contribution is -0.137. The quantitative estimate of drug-likeness (QED) is 0.129. The summed E-state index contributed by atoms with van der Waals surface area (Å²) in [5.74, 6) is -2.38. The highest BCUT2D eigenvalue weighted by Gasteiger charge is 2.22. The third-order valence-corrected chi connectivity index (χ3v) is 4.17. The van der Waals surface area contributed by atoms with E-state index in [1.165, 1.54) is 18.2 Å².